The lowest BCUT2D eigenvalue weighted by Crippen LogP contribution is -2.31. The monoisotopic (exact) mass is 390 g/mol. The van der Waals surface area contributed by atoms with Crippen LogP contribution in [0.3, 0.4) is 0 Å². The van der Waals surface area contributed by atoms with E-state index in [4.69, 9.17) is 0 Å². The van der Waals surface area contributed by atoms with E-state index in [0.717, 1.165) is 11.1 Å². The molecule has 144 valence electrons. The maximum absolute atomic E-state index is 12.8. The molecule has 0 saturated carbocycles. The largest absolute Gasteiger partial charge is 0.348 e. The van der Waals surface area contributed by atoms with Gasteiger partial charge in [0.2, 0.25) is 15.9 Å². The first-order valence-corrected chi connectivity index (χ1v) is 10.2. The van der Waals surface area contributed by atoms with Crippen molar-refractivity contribution >= 4 is 22.0 Å². The maximum atomic E-state index is 12.8. The van der Waals surface area contributed by atoms with Gasteiger partial charge in [0.05, 0.1) is 5.75 Å². The number of carbonyl (C=O) groups is 1. The molecule has 0 aromatic heterocycles. The number of halogens is 1. The highest BCUT2D eigenvalue weighted by atomic mass is 32.2. The summed E-state index contributed by atoms with van der Waals surface area (Å²) in [6.45, 7) is 3.87. The molecule has 0 atom stereocenters. The molecule has 2 aromatic carbocycles. The van der Waals surface area contributed by atoms with Crippen molar-refractivity contribution in [2.24, 2.45) is 0 Å². The fourth-order valence-electron chi connectivity index (χ4n) is 2.37. The van der Waals surface area contributed by atoms with Crippen LogP contribution in [0, 0.1) is 5.82 Å². The van der Waals surface area contributed by atoms with E-state index in [1.54, 1.807) is 56.3 Å². The summed E-state index contributed by atoms with van der Waals surface area (Å²) in [5.74, 6) is -0.682. The molecule has 0 aliphatic rings. The van der Waals surface area contributed by atoms with Crippen LogP contribution in [0.15, 0.2) is 54.6 Å². The Bertz CT molecular complexity index is 890. The molecular weight excluding hydrogens is 367 g/mol. The smallest absolute Gasteiger partial charge is 0.244 e. The zero-order chi connectivity index (χ0) is 19.9. The van der Waals surface area contributed by atoms with E-state index in [-0.39, 0.29) is 23.5 Å². The van der Waals surface area contributed by atoms with Gasteiger partial charge in [-0.3, -0.25) is 4.79 Å². The molecule has 5 nitrogen and oxygen atoms in total. The Morgan fingerprint density at radius 3 is 2.22 bits per heavy atom. The van der Waals surface area contributed by atoms with Crippen molar-refractivity contribution in [3.8, 4) is 0 Å². The fourth-order valence-corrected chi connectivity index (χ4v) is 3.80. The predicted octanol–water partition coefficient (Wildman–Crippen LogP) is 2.98. The number of hydrogen-bond donors (Lipinski definition) is 2. The molecule has 0 aliphatic heterocycles. The zero-order valence-corrected chi connectivity index (χ0v) is 16.1. The van der Waals surface area contributed by atoms with Crippen molar-refractivity contribution in [2.75, 3.05) is 0 Å². The van der Waals surface area contributed by atoms with Gasteiger partial charge in [-0.15, -0.1) is 0 Å². The molecule has 0 fully saturated rings. The molecule has 0 bridgehead atoms. The molecule has 0 unspecified atom stereocenters. The average molecular weight is 390 g/mol. The molecule has 0 radical (unpaired) electrons. The Morgan fingerprint density at radius 2 is 1.63 bits per heavy atom. The van der Waals surface area contributed by atoms with E-state index >= 15 is 0 Å². The minimum Gasteiger partial charge on any atom is -0.348 e. The van der Waals surface area contributed by atoms with Crippen LogP contribution in [0.1, 0.15) is 30.5 Å². The van der Waals surface area contributed by atoms with Gasteiger partial charge in [-0.2, -0.15) is 0 Å². The lowest BCUT2D eigenvalue weighted by Gasteiger charge is -2.10. The van der Waals surface area contributed by atoms with Crippen molar-refractivity contribution in [1.29, 1.82) is 0 Å². The summed E-state index contributed by atoms with van der Waals surface area (Å²) >= 11 is 0. The van der Waals surface area contributed by atoms with Crippen LogP contribution >= 0.6 is 0 Å². The quantitative estimate of drug-likeness (QED) is 0.681. The third-order valence-electron chi connectivity index (χ3n) is 3.56. The molecule has 7 heteroatoms. The van der Waals surface area contributed by atoms with Crippen LogP contribution in [0.2, 0.25) is 0 Å². The second kappa shape index (κ2) is 9.43. The minimum absolute atomic E-state index is 0.0851. The Labute approximate surface area is 159 Å². The minimum atomic E-state index is -3.36. The molecule has 2 N–H and O–H groups in total. The first-order valence-electron chi connectivity index (χ1n) is 8.53. The van der Waals surface area contributed by atoms with Crippen LogP contribution in [-0.2, 0) is 27.1 Å². The molecule has 0 saturated heterocycles. The molecule has 0 spiro atoms. The number of carbonyl (C=O) groups excluding carboxylic acids is 1. The van der Waals surface area contributed by atoms with Gasteiger partial charge >= 0.3 is 0 Å². The Kier molecular flexibility index (Phi) is 7.27. The van der Waals surface area contributed by atoms with Gasteiger partial charge in [0.15, 0.2) is 0 Å². The SMILES string of the molecule is CC(C)NS(=O)(=O)Cc1ccc(CNC(=O)/C=C/c2ccc(F)cc2)cc1. The van der Waals surface area contributed by atoms with Gasteiger partial charge in [-0.25, -0.2) is 17.5 Å². The highest BCUT2D eigenvalue weighted by Crippen LogP contribution is 2.09. The van der Waals surface area contributed by atoms with Crippen molar-refractivity contribution in [3.05, 3.63) is 77.1 Å². The van der Waals surface area contributed by atoms with Gasteiger partial charge < -0.3 is 5.32 Å². The predicted molar refractivity (Wildman–Crippen MR) is 105 cm³/mol. The molecule has 0 heterocycles. The Hall–Kier alpha value is -2.51. The Balaban J connectivity index is 1.85. The summed E-state index contributed by atoms with van der Waals surface area (Å²) in [5.41, 5.74) is 2.26. The van der Waals surface area contributed by atoms with Crippen LogP contribution in [0.5, 0.6) is 0 Å². The second-order valence-electron chi connectivity index (χ2n) is 6.45. The maximum Gasteiger partial charge on any atom is 0.244 e. The summed E-state index contributed by atoms with van der Waals surface area (Å²) in [7, 11) is -3.36. The Morgan fingerprint density at radius 1 is 1.04 bits per heavy atom. The molecular formula is C20H23FN2O3S. The summed E-state index contributed by atoms with van der Waals surface area (Å²) in [6.07, 6.45) is 2.98. The molecule has 1 amide bonds. The van der Waals surface area contributed by atoms with Crippen LogP contribution in [-0.4, -0.2) is 20.4 Å². The first kappa shape index (κ1) is 20.8. The van der Waals surface area contributed by atoms with Crippen LogP contribution in [0.4, 0.5) is 4.39 Å². The van der Waals surface area contributed by atoms with Gasteiger partial charge in [0, 0.05) is 18.7 Å². The van der Waals surface area contributed by atoms with Crippen molar-refractivity contribution in [1.82, 2.24) is 10.0 Å². The average Bonchev–Trinajstić information content (AvgIpc) is 2.59. The highest BCUT2D eigenvalue weighted by Gasteiger charge is 2.12. The summed E-state index contributed by atoms with van der Waals surface area (Å²) < 4.78 is 39.2. The summed E-state index contributed by atoms with van der Waals surface area (Å²) in [4.78, 5) is 11.9. The number of hydrogen-bond acceptors (Lipinski definition) is 3. The van der Waals surface area contributed by atoms with Crippen LogP contribution in [0.25, 0.3) is 6.08 Å². The lowest BCUT2D eigenvalue weighted by atomic mass is 10.1. The molecule has 2 aromatic rings. The van der Waals surface area contributed by atoms with E-state index < -0.39 is 10.0 Å². The number of amides is 1. The van der Waals surface area contributed by atoms with Gasteiger partial charge in [-0.05, 0) is 48.7 Å². The third kappa shape index (κ3) is 7.72. The summed E-state index contributed by atoms with van der Waals surface area (Å²) in [5, 5.41) is 2.74. The lowest BCUT2D eigenvalue weighted by molar-refractivity contribution is -0.116. The van der Waals surface area contributed by atoms with Gasteiger partial charge in [-0.1, -0.05) is 36.4 Å². The number of nitrogens with one attached hydrogen (secondary N) is 2. The number of sulfonamides is 1. The first-order chi connectivity index (χ1) is 12.7. The van der Waals surface area contributed by atoms with E-state index in [2.05, 4.69) is 10.0 Å². The van der Waals surface area contributed by atoms with Crippen molar-refractivity contribution < 1.29 is 17.6 Å². The topological polar surface area (TPSA) is 75.3 Å². The van der Waals surface area contributed by atoms with Crippen molar-refractivity contribution in [3.63, 3.8) is 0 Å². The normalized spacial score (nSPS) is 11.9. The van der Waals surface area contributed by atoms with E-state index in [1.165, 1.54) is 18.2 Å². The summed E-state index contributed by atoms with van der Waals surface area (Å²) in [6, 6.07) is 12.7. The molecule has 0 aliphatic carbocycles. The van der Waals surface area contributed by atoms with Gasteiger partial charge in [0.25, 0.3) is 0 Å². The third-order valence-corrected chi connectivity index (χ3v) is 5.10. The van der Waals surface area contributed by atoms with E-state index in [0.29, 0.717) is 12.1 Å². The fraction of sp³-hybridized carbons (Fsp3) is 0.250. The van der Waals surface area contributed by atoms with Crippen LogP contribution < -0.4 is 10.0 Å². The van der Waals surface area contributed by atoms with E-state index in [9.17, 15) is 17.6 Å². The van der Waals surface area contributed by atoms with E-state index in [1.807, 2.05) is 0 Å². The zero-order valence-electron chi connectivity index (χ0n) is 15.3. The number of rotatable bonds is 8. The van der Waals surface area contributed by atoms with Crippen molar-refractivity contribution in [2.45, 2.75) is 32.2 Å². The molecule has 2 rings (SSSR count). The molecule has 27 heavy (non-hydrogen) atoms. The number of benzene rings is 2. The second-order valence-corrected chi connectivity index (χ2v) is 8.20. The highest BCUT2D eigenvalue weighted by molar-refractivity contribution is 7.88. The van der Waals surface area contributed by atoms with Gasteiger partial charge in [0.1, 0.15) is 5.82 Å². The standard InChI is InChI=1S/C20H23FN2O3S/c1-15(2)23-27(25,26)14-18-5-3-17(4-6-18)13-22-20(24)12-9-16-7-10-19(21)11-8-16/h3-12,15,23H,13-14H2,1-2H3,(H,22,24)/b12-9+.